The van der Waals surface area contributed by atoms with Crippen molar-refractivity contribution in [2.45, 2.75) is 38.3 Å². The van der Waals surface area contributed by atoms with Crippen LogP contribution in [0.25, 0.3) is 0 Å². The third-order valence-electron chi connectivity index (χ3n) is 3.01. The van der Waals surface area contributed by atoms with Crippen molar-refractivity contribution in [3.05, 3.63) is 47.8 Å². The van der Waals surface area contributed by atoms with Crippen LogP contribution in [0, 0.1) is 13.8 Å². The number of aromatic nitrogens is 2. The van der Waals surface area contributed by atoms with Crippen molar-refractivity contribution in [2.75, 3.05) is 0 Å². The van der Waals surface area contributed by atoms with Gasteiger partial charge in [-0.25, -0.2) is 13.1 Å². The second-order valence-electron chi connectivity index (χ2n) is 5.02. The average molecular weight is 293 g/mol. The Kier molecular flexibility index (Phi) is 4.25. The summed E-state index contributed by atoms with van der Waals surface area (Å²) in [6.45, 7) is 6.00. The summed E-state index contributed by atoms with van der Waals surface area (Å²) < 4.78 is 29.2. The van der Waals surface area contributed by atoms with Crippen molar-refractivity contribution in [3.63, 3.8) is 0 Å². The average Bonchev–Trinajstić information content (AvgIpc) is 2.84. The predicted molar refractivity (Wildman–Crippen MR) is 77.9 cm³/mol. The molecule has 2 rings (SSSR count). The molecule has 0 radical (unpaired) electrons. The van der Waals surface area contributed by atoms with E-state index in [-0.39, 0.29) is 6.04 Å². The first kappa shape index (κ1) is 14.7. The number of hydrogen-bond donors (Lipinski definition) is 1. The van der Waals surface area contributed by atoms with Crippen LogP contribution in [0.3, 0.4) is 0 Å². The van der Waals surface area contributed by atoms with E-state index < -0.39 is 10.0 Å². The van der Waals surface area contributed by atoms with Crippen LogP contribution in [0.15, 0.2) is 41.6 Å². The first-order valence-corrected chi connectivity index (χ1v) is 7.94. The molecule has 1 aromatic carbocycles. The molecule has 1 atom stereocenters. The van der Waals surface area contributed by atoms with E-state index in [0.29, 0.717) is 11.4 Å². The maximum atomic E-state index is 12.4. The first-order valence-electron chi connectivity index (χ1n) is 6.45. The number of nitrogens with zero attached hydrogens (tertiary/aromatic N) is 2. The second-order valence-corrected chi connectivity index (χ2v) is 6.70. The number of aryl methyl sites for hydroxylation is 2. The molecule has 1 heterocycles. The fourth-order valence-electron chi connectivity index (χ4n) is 2.05. The van der Waals surface area contributed by atoms with Crippen LogP contribution in [-0.2, 0) is 16.6 Å². The number of sulfonamides is 1. The first-order chi connectivity index (χ1) is 9.38. The summed E-state index contributed by atoms with van der Waals surface area (Å²) in [7, 11) is -3.51. The molecule has 20 heavy (non-hydrogen) atoms. The van der Waals surface area contributed by atoms with Gasteiger partial charge in [0.25, 0.3) is 0 Å². The topological polar surface area (TPSA) is 64.0 Å². The lowest BCUT2D eigenvalue weighted by Crippen LogP contribution is -2.36. The monoisotopic (exact) mass is 293 g/mol. The summed E-state index contributed by atoms with van der Waals surface area (Å²) in [5.74, 6) is 0. The van der Waals surface area contributed by atoms with Crippen LogP contribution < -0.4 is 4.72 Å². The maximum absolute atomic E-state index is 12.4. The number of benzene rings is 1. The van der Waals surface area contributed by atoms with Crippen molar-refractivity contribution in [3.8, 4) is 0 Å². The molecule has 0 aliphatic carbocycles. The van der Waals surface area contributed by atoms with Gasteiger partial charge in [0, 0.05) is 18.4 Å². The van der Waals surface area contributed by atoms with Crippen molar-refractivity contribution in [2.24, 2.45) is 0 Å². The zero-order valence-corrected chi connectivity index (χ0v) is 12.7. The lowest BCUT2D eigenvalue weighted by Gasteiger charge is -2.16. The molecule has 0 saturated carbocycles. The van der Waals surface area contributed by atoms with Crippen molar-refractivity contribution >= 4 is 10.0 Å². The quantitative estimate of drug-likeness (QED) is 0.915. The Labute approximate surface area is 119 Å². The smallest absolute Gasteiger partial charge is 0.241 e. The molecular formula is C14H19N3O2S. The second kappa shape index (κ2) is 5.76. The Morgan fingerprint density at radius 1 is 1.35 bits per heavy atom. The van der Waals surface area contributed by atoms with E-state index in [0.717, 1.165) is 11.1 Å². The van der Waals surface area contributed by atoms with Crippen LogP contribution in [0.5, 0.6) is 0 Å². The summed E-state index contributed by atoms with van der Waals surface area (Å²) in [5, 5.41) is 4.07. The van der Waals surface area contributed by atoms with Crippen molar-refractivity contribution in [1.29, 1.82) is 0 Å². The zero-order chi connectivity index (χ0) is 14.8. The molecule has 5 nitrogen and oxygen atoms in total. The molecule has 6 heteroatoms. The van der Waals surface area contributed by atoms with Crippen molar-refractivity contribution in [1.82, 2.24) is 14.5 Å². The van der Waals surface area contributed by atoms with Crippen LogP contribution in [0.1, 0.15) is 18.1 Å². The standard InChI is InChI=1S/C14H19N3O2S/c1-11-5-6-12(2)14(9-11)20(18,19)16-13(3)10-17-8-4-7-15-17/h4-9,13,16H,10H2,1-3H3/t13-/m1/s1. The molecule has 0 aliphatic rings. The largest absolute Gasteiger partial charge is 0.271 e. The van der Waals surface area contributed by atoms with E-state index in [4.69, 9.17) is 0 Å². The van der Waals surface area contributed by atoms with Gasteiger partial charge in [-0.05, 0) is 44.0 Å². The lowest BCUT2D eigenvalue weighted by molar-refractivity contribution is 0.493. The summed E-state index contributed by atoms with van der Waals surface area (Å²) in [5.41, 5.74) is 1.67. The molecule has 0 saturated heterocycles. The number of rotatable bonds is 5. The molecule has 108 valence electrons. The minimum atomic E-state index is -3.51. The number of hydrogen-bond acceptors (Lipinski definition) is 3. The molecule has 2 aromatic rings. The van der Waals surface area contributed by atoms with Gasteiger partial charge in [0.05, 0.1) is 11.4 Å². The van der Waals surface area contributed by atoms with E-state index in [1.54, 1.807) is 23.9 Å². The SMILES string of the molecule is Cc1ccc(C)c(S(=O)(=O)N[C@H](C)Cn2cccn2)c1. The van der Waals surface area contributed by atoms with Gasteiger partial charge in [0.15, 0.2) is 0 Å². The highest BCUT2D eigenvalue weighted by Gasteiger charge is 2.19. The van der Waals surface area contributed by atoms with Crippen LogP contribution in [-0.4, -0.2) is 24.2 Å². The molecule has 0 unspecified atom stereocenters. The van der Waals surface area contributed by atoms with Gasteiger partial charge in [-0.15, -0.1) is 0 Å². The molecule has 0 spiro atoms. The molecule has 0 bridgehead atoms. The highest BCUT2D eigenvalue weighted by molar-refractivity contribution is 7.89. The molecular weight excluding hydrogens is 274 g/mol. The van der Waals surface area contributed by atoms with Gasteiger partial charge >= 0.3 is 0 Å². The Morgan fingerprint density at radius 3 is 2.75 bits per heavy atom. The summed E-state index contributed by atoms with van der Waals surface area (Å²) in [6.07, 6.45) is 3.48. The summed E-state index contributed by atoms with van der Waals surface area (Å²) in [6, 6.07) is 6.99. The van der Waals surface area contributed by atoms with E-state index in [9.17, 15) is 8.42 Å². The molecule has 0 aliphatic heterocycles. The maximum Gasteiger partial charge on any atom is 0.241 e. The third kappa shape index (κ3) is 3.46. The third-order valence-corrected chi connectivity index (χ3v) is 4.74. The number of nitrogens with one attached hydrogen (secondary N) is 1. The Balaban J connectivity index is 2.16. The molecule has 1 N–H and O–H groups in total. The van der Waals surface area contributed by atoms with Gasteiger partial charge in [-0.2, -0.15) is 5.10 Å². The highest BCUT2D eigenvalue weighted by atomic mass is 32.2. The molecule has 0 fully saturated rings. The highest BCUT2D eigenvalue weighted by Crippen LogP contribution is 2.17. The Morgan fingerprint density at radius 2 is 2.10 bits per heavy atom. The molecule has 1 aromatic heterocycles. The lowest BCUT2D eigenvalue weighted by atomic mass is 10.2. The fourth-order valence-corrected chi connectivity index (χ4v) is 3.62. The van der Waals surface area contributed by atoms with Gasteiger partial charge < -0.3 is 0 Å². The normalized spacial score (nSPS) is 13.3. The van der Waals surface area contributed by atoms with Gasteiger partial charge in [0.1, 0.15) is 0 Å². The van der Waals surface area contributed by atoms with E-state index in [2.05, 4.69) is 9.82 Å². The van der Waals surface area contributed by atoms with Crippen LogP contribution in [0.2, 0.25) is 0 Å². The summed E-state index contributed by atoms with van der Waals surface area (Å²) in [4.78, 5) is 0.338. The van der Waals surface area contributed by atoms with Crippen LogP contribution in [0.4, 0.5) is 0 Å². The fraction of sp³-hybridized carbons (Fsp3) is 0.357. The van der Waals surface area contributed by atoms with E-state index >= 15 is 0 Å². The van der Waals surface area contributed by atoms with Gasteiger partial charge in [-0.3, -0.25) is 4.68 Å². The minimum absolute atomic E-state index is 0.236. The van der Waals surface area contributed by atoms with Gasteiger partial charge in [-0.1, -0.05) is 12.1 Å². The Hall–Kier alpha value is -1.66. The van der Waals surface area contributed by atoms with E-state index in [1.165, 1.54) is 0 Å². The van der Waals surface area contributed by atoms with Gasteiger partial charge in [0.2, 0.25) is 10.0 Å². The summed E-state index contributed by atoms with van der Waals surface area (Å²) >= 11 is 0. The Bertz CT molecular complexity index is 678. The zero-order valence-electron chi connectivity index (χ0n) is 11.9. The van der Waals surface area contributed by atoms with Crippen molar-refractivity contribution < 1.29 is 8.42 Å². The van der Waals surface area contributed by atoms with E-state index in [1.807, 2.05) is 38.2 Å². The van der Waals surface area contributed by atoms with Crippen LogP contribution >= 0.6 is 0 Å². The minimum Gasteiger partial charge on any atom is -0.271 e. The molecule has 0 amide bonds. The predicted octanol–water partition coefficient (Wildman–Crippen LogP) is 1.87.